The average molecular weight is 495 g/mol. The second kappa shape index (κ2) is 10.4. The number of rotatable bonds is 5. The minimum absolute atomic E-state index is 0.247. The summed E-state index contributed by atoms with van der Waals surface area (Å²) in [6.45, 7) is 3.39. The third-order valence-corrected chi connectivity index (χ3v) is 7.97. The van der Waals surface area contributed by atoms with E-state index in [1.165, 1.54) is 10.7 Å². The zero-order valence-corrected chi connectivity index (χ0v) is 20.1. The van der Waals surface area contributed by atoms with Crippen LogP contribution in [0.5, 0.6) is 0 Å². The van der Waals surface area contributed by atoms with Crippen LogP contribution in [0.4, 0.5) is 17.1 Å². The molecule has 0 unspecified atom stereocenters. The third kappa shape index (κ3) is 5.52. The van der Waals surface area contributed by atoms with Crippen LogP contribution in [0.25, 0.3) is 0 Å². The Hall–Kier alpha value is -1.91. The van der Waals surface area contributed by atoms with Crippen molar-refractivity contribution in [3.05, 3.63) is 47.5 Å². The van der Waals surface area contributed by atoms with Gasteiger partial charge < -0.3 is 20.3 Å². The van der Waals surface area contributed by atoms with Gasteiger partial charge in [0.2, 0.25) is 10.0 Å². The van der Waals surface area contributed by atoms with E-state index in [1.54, 1.807) is 24.3 Å². The van der Waals surface area contributed by atoms with Crippen molar-refractivity contribution in [2.24, 2.45) is 0 Å². The fraction of sp³-hybridized carbons (Fsp3) is 0.409. The number of anilines is 3. The minimum Gasteiger partial charge on any atom is -0.379 e. The summed E-state index contributed by atoms with van der Waals surface area (Å²) in [6, 6.07) is 12.5. The molecule has 2 aromatic rings. The van der Waals surface area contributed by atoms with Crippen molar-refractivity contribution in [3.63, 3.8) is 0 Å². The lowest BCUT2D eigenvalue weighted by molar-refractivity contribution is 0.0730. The van der Waals surface area contributed by atoms with Crippen LogP contribution in [0.1, 0.15) is 19.3 Å². The zero-order chi connectivity index (χ0) is 22.6. The fourth-order valence-corrected chi connectivity index (χ4v) is 5.73. The van der Waals surface area contributed by atoms with Crippen LogP contribution in [0, 0.1) is 0 Å². The summed E-state index contributed by atoms with van der Waals surface area (Å²) in [5, 5.41) is 7.38. The Morgan fingerprint density at radius 2 is 1.62 bits per heavy atom. The van der Waals surface area contributed by atoms with Crippen LogP contribution in [-0.4, -0.2) is 57.2 Å². The second-order valence-electron chi connectivity index (χ2n) is 7.83. The average Bonchev–Trinajstić information content (AvgIpc) is 2.81. The number of hydrogen-bond acceptors (Lipinski definition) is 5. The first-order valence-electron chi connectivity index (χ1n) is 10.7. The van der Waals surface area contributed by atoms with Crippen molar-refractivity contribution < 1.29 is 13.2 Å². The van der Waals surface area contributed by atoms with E-state index in [1.807, 2.05) is 18.2 Å². The first kappa shape index (κ1) is 23.3. The van der Waals surface area contributed by atoms with Gasteiger partial charge >= 0.3 is 0 Å². The van der Waals surface area contributed by atoms with E-state index in [4.69, 9.17) is 28.6 Å². The van der Waals surface area contributed by atoms with E-state index in [0.29, 0.717) is 42.1 Å². The van der Waals surface area contributed by atoms with Crippen LogP contribution in [0.15, 0.2) is 47.4 Å². The summed E-state index contributed by atoms with van der Waals surface area (Å²) in [6.07, 6.45) is 3.43. The molecule has 2 fully saturated rings. The molecular formula is C22H27ClN4O3S2. The van der Waals surface area contributed by atoms with Crippen LogP contribution >= 0.6 is 23.8 Å². The highest BCUT2D eigenvalue weighted by atomic mass is 35.5. The van der Waals surface area contributed by atoms with E-state index in [2.05, 4.69) is 15.5 Å². The van der Waals surface area contributed by atoms with Gasteiger partial charge in [0.05, 0.1) is 29.5 Å². The maximum Gasteiger partial charge on any atom is 0.243 e. The van der Waals surface area contributed by atoms with Gasteiger partial charge in [0, 0.05) is 36.9 Å². The molecule has 2 saturated heterocycles. The first-order valence-corrected chi connectivity index (χ1v) is 13.0. The van der Waals surface area contributed by atoms with Gasteiger partial charge in [-0.25, -0.2) is 8.42 Å². The molecular weight excluding hydrogens is 468 g/mol. The standard InChI is InChI=1S/C22H27ClN4O3S2/c23-17-4-6-18(7-5-17)24-22(31)25-20-16-19(32(28,29)27-12-14-30-15-13-27)8-9-21(20)26-10-2-1-3-11-26/h4-9,16H,1-3,10-15H2,(H2,24,25,31). The van der Waals surface area contributed by atoms with E-state index < -0.39 is 10.0 Å². The molecule has 4 rings (SSSR count). The molecule has 2 heterocycles. The summed E-state index contributed by atoms with van der Waals surface area (Å²) in [5.74, 6) is 0. The van der Waals surface area contributed by atoms with E-state index >= 15 is 0 Å². The third-order valence-electron chi connectivity index (χ3n) is 5.62. The predicted octanol–water partition coefficient (Wildman–Crippen LogP) is 4.16. The zero-order valence-electron chi connectivity index (χ0n) is 17.7. The molecule has 32 heavy (non-hydrogen) atoms. The molecule has 2 aliphatic heterocycles. The SMILES string of the molecule is O=S(=O)(c1ccc(N2CCCCC2)c(NC(=S)Nc2ccc(Cl)cc2)c1)N1CCOCC1. The van der Waals surface area contributed by atoms with Crippen molar-refractivity contribution in [3.8, 4) is 0 Å². The molecule has 0 aliphatic carbocycles. The highest BCUT2D eigenvalue weighted by Gasteiger charge is 2.28. The molecule has 172 valence electrons. The van der Waals surface area contributed by atoms with Gasteiger partial charge in [-0.05, 0) is 73.9 Å². The van der Waals surface area contributed by atoms with Gasteiger partial charge in [0.1, 0.15) is 0 Å². The topological polar surface area (TPSA) is 73.9 Å². The highest BCUT2D eigenvalue weighted by Crippen LogP contribution is 2.32. The largest absolute Gasteiger partial charge is 0.379 e. The second-order valence-corrected chi connectivity index (χ2v) is 10.6. The quantitative estimate of drug-likeness (QED) is 0.604. The Kier molecular flexibility index (Phi) is 7.52. The van der Waals surface area contributed by atoms with E-state index in [-0.39, 0.29) is 4.90 Å². The van der Waals surface area contributed by atoms with Gasteiger partial charge in [-0.3, -0.25) is 0 Å². The first-order chi connectivity index (χ1) is 15.4. The number of hydrogen-bond donors (Lipinski definition) is 2. The fourth-order valence-electron chi connectivity index (χ4n) is 3.94. The number of sulfonamides is 1. The number of thiocarbonyl (C=S) groups is 1. The Labute approximate surface area is 199 Å². The highest BCUT2D eigenvalue weighted by molar-refractivity contribution is 7.89. The van der Waals surface area contributed by atoms with E-state index in [0.717, 1.165) is 37.3 Å². The summed E-state index contributed by atoms with van der Waals surface area (Å²) >= 11 is 11.5. The Bertz CT molecular complexity index is 1050. The predicted molar refractivity (Wildman–Crippen MR) is 133 cm³/mol. The van der Waals surface area contributed by atoms with Crippen molar-refractivity contribution in [2.75, 3.05) is 54.9 Å². The molecule has 0 bridgehead atoms. The number of nitrogens with one attached hydrogen (secondary N) is 2. The lowest BCUT2D eigenvalue weighted by Crippen LogP contribution is -2.40. The Balaban J connectivity index is 1.61. The molecule has 0 spiro atoms. The van der Waals surface area contributed by atoms with Gasteiger partial charge in [-0.2, -0.15) is 4.31 Å². The molecule has 0 radical (unpaired) electrons. The van der Waals surface area contributed by atoms with Gasteiger partial charge in [-0.1, -0.05) is 11.6 Å². The number of ether oxygens (including phenoxy) is 1. The van der Waals surface area contributed by atoms with Crippen LogP contribution < -0.4 is 15.5 Å². The molecule has 2 aliphatic rings. The van der Waals surface area contributed by atoms with Crippen molar-refractivity contribution in [1.29, 1.82) is 0 Å². The number of benzene rings is 2. The van der Waals surface area contributed by atoms with Gasteiger partial charge in [-0.15, -0.1) is 0 Å². The van der Waals surface area contributed by atoms with Crippen molar-refractivity contribution in [2.45, 2.75) is 24.2 Å². The van der Waals surface area contributed by atoms with Gasteiger partial charge in [0.25, 0.3) is 0 Å². The molecule has 0 aromatic heterocycles. The van der Waals surface area contributed by atoms with Crippen LogP contribution in [0.3, 0.4) is 0 Å². The molecule has 2 N–H and O–H groups in total. The maximum atomic E-state index is 13.2. The number of nitrogens with zero attached hydrogens (tertiary/aromatic N) is 2. The smallest absolute Gasteiger partial charge is 0.243 e. The Morgan fingerprint density at radius 3 is 2.31 bits per heavy atom. The summed E-state index contributed by atoms with van der Waals surface area (Å²) in [5.41, 5.74) is 2.42. The summed E-state index contributed by atoms with van der Waals surface area (Å²) < 4.78 is 33.2. The maximum absolute atomic E-state index is 13.2. The number of piperidine rings is 1. The molecule has 7 nitrogen and oxygen atoms in total. The lowest BCUT2D eigenvalue weighted by Gasteiger charge is -2.31. The summed E-state index contributed by atoms with van der Waals surface area (Å²) in [7, 11) is -3.61. The van der Waals surface area contributed by atoms with Crippen LogP contribution in [0.2, 0.25) is 5.02 Å². The van der Waals surface area contributed by atoms with Gasteiger partial charge in [0.15, 0.2) is 5.11 Å². The molecule has 0 saturated carbocycles. The normalized spacial score (nSPS) is 17.7. The van der Waals surface area contributed by atoms with Crippen molar-refractivity contribution >= 4 is 56.0 Å². The molecule has 2 aromatic carbocycles. The molecule has 10 heteroatoms. The molecule has 0 atom stereocenters. The lowest BCUT2D eigenvalue weighted by atomic mass is 10.1. The number of morpholine rings is 1. The minimum atomic E-state index is -3.61. The van der Waals surface area contributed by atoms with E-state index in [9.17, 15) is 8.42 Å². The molecule has 0 amide bonds. The number of halogens is 1. The monoisotopic (exact) mass is 494 g/mol. The van der Waals surface area contributed by atoms with Crippen LogP contribution in [-0.2, 0) is 14.8 Å². The van der Waals surface area contributed by atoms with Crippen molar-refractivity contribution in [1.82, 2.24) is 4.31 Å². The summed E-state index contributed by atoms with van der Waals surface area (Å²) in [4.78, 5) is 2.53. The Morgan fingerprint density at radius 1 is 0.938 bits per heavy atom.